The molecule has 2 aromatic carbocycles. The van der Waals surface area contributed by atoms with E-state index in [9.17, 15) is 0 Å². The molecule has 0 unspecified atom stereocenters. The second kappa shape index (κ2) is 8.19. The lowest BCUT2D eigenvalue weighted by Gasteiger charge is -2.41. The van der Waals surface area contributed by atoms with Gasteiger partial charge < -0.3 is 9.64 Å². The zero-order valence-corrected chi connectivity index (χ0v) is 17.4. The van der Waals surface area contributed by atoms with E-state index in [-0.39, 0.29) is 0 Å². The number of piperidine rings is 1. The largest absolute Gasteiger partial charge is 0.493 e. The molecule has 152 valence electrons. The summed E-state index contributed by atoms with van der Waals surface area (Å²) in [5.74, 6) is 1.66. The van der Waals surface area contributed by atoms with Crippen LogP contribution in [0, 0.1) is 5.92 Å². The Bertz CT molecular complexity index is 864. The molecule has 1 saturated carbocycles. The van der Waals surface area contributed by atoms with Gasteiger partial charge in [-0.2, -0.15) is 5.10 Å². The Morgan fingerprint density at radius 3 is 2.45 bits per heavy atom. The minimum absolute atomic E-state index is 0.689. The van der Waals surface area contributed by atoms with Gasteiger partial charge in [-0.15, -0.1) is 0 Å². The summed E-state index contributed by atoms with van der Waals surface area (Å²) >= 11 is 0. The Labute approximate surface area is 174 Å². The van der Waals surface area contributed by atoms with Gasteiger partial charge in [-0.25, -0.2) is 0 Å². The minimum Gasteiger partial charge on any atom is -0.493 e. The second-order valence-electron chi connectivity index (χ2n) is 8.82. The molecule has 1 aliphatic carbocycles. The lowest BCUT2D eigenvalue weighted by atomic mass is 9.88. The van der Waals surface area contributed by atoms with E-state index in [2.05, 4.69) is 53.4 Å². The van der Waals surface area contributed by atoms with E-state index in [4.69, 9.17) is 9.84 Å². The van der Waals surface area contributed by atoms with Crippen molar-refractivity contribution in [2.75, 3.05) is 26.7 Å². The van der Waals surface area contributed by atoms with Gasteiger partial charge in [-0.3, -0.25) is 5.01 Å². The van der Waals surface area contributed by atoms with Crippen LogP contribution in [-0.2, 0) is 6.54 Å². The van der Waals surface area contributed by atoms with Gasteiger partial charge in [0.05, 0.1) is 18.9 Å². The predicted octanol–water partition coefficient (Wildman–Crippen LogP) is 4.53. The average molecular weight is 390 g/mol. The van der Waals surface area contributed by atoms with Gasteiger partial charge in [0.1, 0.15) is 5.75 Å². The summed E-state index contributed by atoms with van der Waals surface area (Å²) in [6.45, 7) is 4.21. The van der Waals surface area contributed by atoms with E-state index in [0.717, 1.165) is 36.2 Å². The van der Waals surface area contributed by atoms with Crippen molar-refractivity contribution in [3.63, 3.8) is 0 Å². The maximum Gasteiger partial charge on any atom is 0.119 e. The Kier molecular flexibility index (Phi) is 5.28. The highest BCUT2D eigenvalue weighted by Crippen LogP contribution is 2.29. The molecule has 2 aliphatic heterocycles. The smallest absolute Gasteiger partial charge is 0.119 e. The molecule has 0 spiro atoms. The molecule has 2 heterocycles. The van der Waals surface area contributed by atoms with Crippen molar-refractivity contribution in [3.05, 3.63) is 65.2 Å². The third-order valence-corrected chi connectivity index (χ3v) is 6.80. The van der Waals surface area contributed by atoms with Crippen LogP contribution in [-0.4, -0.2) is 48.4 Å². The Morgan fingerprint density at radius 2 is 1.72 bits per heavy atom. The molecule has 4 heteroatoms. The van der Waals surface area contributed by atoms with Crippen molar-refractivity contribution >= 4 is 5.71 Å². The summed E-state index contributed by atoms with van der Waals surface area (Å²) < 4.78 is 6.15. The quantitative estimate of drug-likeness (QED) is 0.752. The van der Waals surface area contributed by atoms with E-state index in [1.54, 1.807) is 0 Å². The van der Waals surface area contributed by atoms with Crippen molar-refractivity contribution in [1.29, 1.82) is 0 Å². The third-order valence-electron chi connectivity index (χ3n) is 6.80. The minimum atomic E-state index is 0.689. The molecule has 0 amide bonds. The number of fused-ring (bicyclic) bond motifs is 1. The average Bonchev–Trinajstić information content (AvgIpc) is 2.72. The predicted molar refractivity (Wildman–Crippen MR) is 117 cm³/mol. The normalized spacial score (nSPS) is 20.7. The number of hydrogen-bond donors (Lipinski definition) is 0. The molecule has 2 fully saturated rings. The van der Waals surface area contributed by atoms with Crippen LogP contribution in [0.4, 0.5) is 0 Å². The Hall–Kier alpha value is -2.33. The molecule has 2 aromatic rings. The summed E-state index contributed by atoms with van der Waals surface area (Å²) in [6, 6.07) is 17.9. The van der Waals surface area contributed by atoms with Crippen molar-refractivity contribution in [1.82, 2.24) is 9.91 Å². The highest BCUT2D eigenvalue weighted by Gasteiger charge is 2.28. The van der Waals surface area contributed by atoms with Crippen molar-refractivity contribution in [2.24, 2.45) is 11.0 Å². The molecule has 5 rings (SSSR count). The van der Waals surface area contributed by atoms with Crippen LogP contribution in [0.1, 0.15) is 48.8 Å². The van der Waals surface area contributed by atoms with E-state index in [1.807, 2.05) is 12.1 Å². The third kappa shape index (κ3) is 4.04. The van der Waals surface area contributed by atoms with Gasteiger partial charge in [0.2, 0.25) is 0 Å². The molecule has 29 heavy (non-hydrogen) atoms. The molecule has 0 radical (unpaired) electrons. The van der Waals surface area contributed by atoms with E-state index >= 15 is 0 Å². The zero-order valence-electron chi connectivity index (χ0n) is 17.4. The van der Waals surface area contributed by atoms with Crippen LogP contribution in [0.25, 0.3) is 0 Å². The number of nitrogens with zero attached hydrogens (tertiary/aromatic N) is 3. The highest BCUT2D eigenvalue weighted by molar-refractivity contribution is 6.14. The summed E-state index contributed by atoms with van der Waals surface area (Å²) in [5.41, 5.74) is 4.75. The first kappa shape index (κ1) is 18.7. The maximum atomic E-state index is 6.15. The number of ether oxygens (including phenoxy) is 1. The molecule has 1 saturated heterocycles. The maximum absolute atomic E-state index is 6.15. The Balaban J connectivity index is 1.19. The fraction of sp³-hybridized carbons (Fsp3) is 0.480. The monoisotopic (exact) mass is 389 g/mol. The first-order valence-corrected chi connectivity index (χ1v) is 11.1. The van der Waals surface area contributed by atoms with Gasteiger partial charge in [0.25, 0.3) is 0 Å². The number of benzene rings is 2. The number of hydrogen-bond acceptors (Lipinski definition) is 4. The standard InChI is InChI=1S/C25H31N3O/c1-27-17-21-5-2-3-8-24(21)25(26-27)20-9-11-23(12-10-20)29-18-19-13-15-28(16-14-19)22-6-4-7-22/h2-3,5,8-12,19,22H,4,6-7,13-18H2,1H3. The second-order valence-corrected chi connectivity index (χ2v) is 8.82. The van der Waals surface area contributed by atoms with Crippen LogP contribution < -0.4 is 4.74 Å². The first-order valence-electron chi connectivity index (χ1n) is 11.1. The summed E-state index contributed by atoms with van der Waals surface area (Å²) in [6.07, 6.45) is 6.80. The molecular weight excluding hydrogens is 358 g/mol. The van der Waals surface area contributed by atoms with Gasteiger partial charge in [0.15, 0.2) is 0 Å². The van der Waals surface area contributed by atoms with Crippen LogP contribution in [0.5, 0.6) is 5.75 Å². The van der Waals surface area contributed by atoms with Crippen molar-refractivity contribution in [3.8, 4) is 5.75 Å². The SMILES string of the molecule is CN1Cc2ccccc2C(c2ccc(OCC3CCN(C4CCC4)CC3)cc2)=N1. The number of likely N-dealkylation sites (tertiary alicyclic amines) is 1. The van der Waals surface area contributed by atoms with Crippen LogP contribution >= 0.6 is 0 Å². The molecule has 0 N–H and O–H groups in total. The lowest BCUT2D eigenvalue weighted by Crippen LogP contribution is -2.45. The molecule has 0 atom stereocenters. The summed E-state index contributed by atoms with van der Waals surface area (Å²) in [4.78, 5) is 2.70. The van der Waals surface area contributed by atoms with E-state index < -0.39 is 0 Å². The van der Waals surface area contributed by atoms with Crippen molar-refractivity contribution in [2.45, 2.75) is 44.7 Å². The van der Waals surface area contributed by atoms with Gasteiger partial charge in [0, 0.05) is 24.2 Å². The zero-order chi connectivity index (χ0) is 19.6. The molecule has 4 nitrogen and oxygen atoms in total. The fourth-order valence-electron chi connectivity index (χ4n) is 4.77. The molecule has 0 aromatic heterocycles. The molecule has 0 bridgehead atoms. The van der Waals surface area contributed by atoms with E-state index in [0.29, 0.717) is 5.92 Å². The highest BCUT2D eigenvalue weighted by atomic mass is 16.5. The van der Waals surface area contributed by atoms with Crippen molar-refractivity contribution < 1.29 is 4.74 Å². The topological polar surface area (TPSA) is 28.1 Å². The van der Waals surface area contributed by atoms with Gasteiger partial charge in [-0.1, -0.05) is 30.7 Å². The Morgan fingerprint density at radius 1 is 0.966 bits per heavy atom. The molecule has 3 aliphatic rings. The van der Waals surface area contributed by atoms with Crippen LogP contribution in [0.3, 0.4) is 0 Å². The summed E-state index contributed by atoms with van der Waals surface area (Å²) in [7, 11) is 2.03. The number of rotatable bonds is 5. The van der Waals surface area contributed by atoms with Gasteiger partial charge in [-0.05, 0) is 74.5 Å². The van der Waals surface area contributed by atoms with Gasteiger partial charge >= 0.3 is 0 Å². The lowest BCUT2D eigenvalue weighted by molar-refractivity contribution is 0.0708. The summed E-state index contributed by atoms with van der Waals surface area (Å²) in [5, 5.41) is 6.79. The number of hydrazone groups is 1. The first-order chi connectivity index (χ1) is 14.3. The van der Waals surface area contributed by atoms with Crippen LogP contribution in [0.2, 0.25) is 0 Å². The molecular formula is C25H31N3O. The fourth-order valence-corrected chi connectivity index (χ4v) is 4.77. The van der Waals surface area contributed by atoms with Crippen LogP contribution in [0.15, 0.2) is 53.6 Å². The van der Waals surface area contributed by atoms with E-state index in [1.165, 1.54) is 56.3 Å².